The monoisotopic (exact) mass is 538 g/mol. The molecule has 2 heterocycles. The van der Waals surface area contributed by atoms with Crippen molar-refractivity contribution in [1.82, 2.24) is 24.7 Å². The third-order valence-corrected chi connectivity index (χ3v) is 7.75. The van der Waals surface area contributed by atoms with Crippen molar-refractivity contribution < 1.29 is 22.6 Å². The molecule has 0 aliphatic heterocycles. The van der Waals surface area contributed by atoms with Crippen molar-refractivity contribution in [2.45, 2.75) is 32.1 Å². The zero-order valence-electron chi connectivity index (χ0n) is 22.0. The molecule has 2 aromatic carbocycles. The molecule has 0 bridgehead atoms. The Morgan fingerprint density at radius 3 is 2.03 bits per heavy atom. The van der Waals surface area contributed by atoms with Gasteiger partial charge in [-0.15, -0.1) is 10.2 Å². The van der Waals surface area contributed by atoms with Crippen LogP contribution in [0.15, 0.2) is 54.9 Å². The molecular formula is C26H30N6O5S. The number of nitrogens with one attached hydrogen (secondary N) is 1. The van der Waals surface area contributed by atoms with Crippen molar-refractivity contribution in [3.05, 3.63) is 71.8 Å². The summed E-state index contributed by atoms with van der Waals surface area (Å²) in [5.74, 6) is 1.48. The number of aromatic nitrogens is 5. The minimum absolute atomic E-state index is 0.0464. The maximum atomic E-state index is 13.6. The number of ether oxygens (including phenoxy) is 3. The lowest BCUT2D eigenvalue weighted by Gasteiger charge is -2.23. The number of para-hydroxylation sites is 1. The van der Waals surface area contributed by atoms with E-state index in [1.54, 1.807) is 35.2 Å². The summed E-state index contributed by atoms with van der Waals surface area (Å²) < 4.78 is 48.2. The van der Waals surface area contributed by atoms with Gasteiger partial charge in [0, 0.05) is 25.1 Å². The van der Waals surface area contributed by atoms with Crippen LogP contribution in [0.2, 0.25) is 0 Å². The number of sulfonamides is 1. The summed E-state index contributed by atoms with van der Waals surface area (Å²) in [6.07, 6.45) is 2.29. The van der Waals surface area contributed by atoms with Crippen molar-refractivity contribution >= 4 is 16.0 Å². The molecule has 1 N–H and O–H groups in total. The number of rotatable bonds is 10. The highest BCUT2D eigenvalue weighted by Crippen LogP contribution is 2.38. The van der Waals surface area contributed by atoms with Gasteiger partial charge in [-0.1, -0.05) is 35.9 Å². The van der Waals surface area contributed by atoms with Crippen LogP contribution in [-0.4, -0.2) is 59.7 Å². The molecule has 0 saturated heterocycles. The van der Waals surface area contributed by atoms with Gasteiger partial charge in [-0.05, 0) is 38.5 Å². The molecule has 38 heavy (non-hydrogen) atoms. The predicted octanol–water partition coefficient (Wildman–Crippen LogP) is 3.88. The molecule has 0 aliphatic rings. The first kappa shape index (κ1) is 27.0. The van der Waals surface area contributed by atoms with Crippen molar-refractivity contribution in [2.24, 2.45) is 0 Å². The molecule has 11 nitrogen and oxygen atoms in total. The third-order valence-electron chi connectivity index (χ3n) is 6.06. The third kappa shape index (κ3) is 5.31. The summed E-state index contributed by atoms with van der Waals surface area (Å²) in [5, 5.41) is 7.48. The van der Waals surface area contributed by atoms with E-state index in [9.17, 15) is 8.42 Å². The Bertz CT molecular complexity index is 1480. The molecule has 2 aromatic heterocycles. The van der Waals surface area contributed by atoms with E-state index in [-0.39, 0.29) is 11.8 Å². The summed E-state index contributed by atoms with van der Waals surface area (Å²) in [6, 6.07) is 12.9. The van der Waals surface area contributed by atoms with Gasteiger partial charge in [0.05, 0.1) is 14.2 Å². The Hall–Kier alpha value is -4.03. The van der Waals surface area contributed by atoms with Gasteiger partial charge in [0.25, 0.3) is 0 Å². The van der Waals surface area contributed by atoms with Gasteiger partial charge in [-0.2, -0.15) is 0 Å². The molecular weight excluding hydrogens is 508 g/mol. The van der Waals surface area contributed by atoms with Crippen molar-refractivity contribution in [1.29, 1.82) is 0 Å². The first-order valence-corrected chi connectivity index (χ1v) is 13.3. The van der Waals surface area contributed by atoms with Gasteiger partial charge in [0.15, 0.2) is 11.6 Å². The van der Waals surface area contributed by atoms with E-state index >= 15 is 0 Å². The van der Waals surface area contributed by atoms with Crippen LogP contribution in [0.4, 0.5) is 5.95 Å². The fraction of sp³-hybridized carbons (Fsp3) is 0.308. The zero-order valence-corrected chi connectivity index (χ0v) is 22.9. The van der Waals surface area contributed by atoms with Crippen molar-refractivity contribution in [3.63, 3.8) is 0 Å². The number of anilines is 1. The number of nitrogens with zero attached hydrogens (tertiary/aromatic N) is 5. The summed E-state index contributed by atoms with van der Waals surface area (Å²) in [6.45, 7) is 5.34. The Morgan fingerprint density at radius 2 is 1.47 bits per heavy atom. The molecule has 0 aliphatic carbocycles. The van der Waals surface area contributed by atoms with Crippen molar-refractivity contribution in [3.8, 4) is 28.6 Å². The van der Waals surface area contributed by atoms with Gasteiger partial charge in [0.2, 0.25) is 16.0 Å². The lowest BCUT2D eigenvalue weighted by Crippen LogP contribution is -2.33. The quantitative estimate of drug-likeness (QED) is 0.320. The van der Waals surface area contributed by atoms with Gasteiger partial charge in [-0.25, -0.2) is 18.4 Å². The van der Waals surface area contributed by atoms with Crippen LogP contribution in [0.5, 0.6) is 11.5 Å². The fourth-order valence-electron chi connectivity index (χ4n) is 3.94. The lowest BCUT2D eigenvalue weighted by atomic mass is 10.1. The van der Waals surface area contributed by atoms with Gasteiger partial charge in [-0.3, -0.25) is 9.29 Å². The molecule has 200 valence electrons. The van der Waals surface area contributed by atoms with E-state index in [4.69, 9.17) is 14.2 Å². The zero-order chi connectivity index (χ0) is 27.4. The average molecular weight is 539 g/mol. The van der Waals surface area contributed by atoms with Crippen molar-refractivity contribution in [2.75, 3.05) is 26.1 Å². The van der Waals surface area contributed by atoms with Gasteiger partial charge >= 0.3 is 0 Å². The molecule has 0 fully saturated rings. The SMILES string of the molecule is COc1cccc(OC)c1-n1c(NS(=O)(=O)[C@@H](C)[C@H](OC)c2ncc(C)cn2)nnc1-c1ccc(C)cc1. The molecule has 0 amide bonds. The Balaban J connectivity index is 1.83. The standard InChI is InChI=1S/C26H30N6O5S/c1-16-10-12-19(13-11-16)25-29-30-26(32(25)22-20(35-4)8-7-9-21(22)36-5)31-38(33,34)18(3)23(37-6)24-27-14-17(2)15-28-24/h7-15,18,23H,1-6H3,(H,30,31)/t18-,23-/m0/s1. The summed E-state index contributed by atoms with van der Waals surface area (Å²) in [7, 11) is 0.364. The molecule has 0 saturated carbocycles. The Labute approximate surface area is 221 Å². The van der Waals surface area contributed by atoms with Crippen LogP contribution in [0, 0.1) is 13.8 Å². The summed E-state index contributed by atoms with van der Waals surface area (Å²) >= 11 is 0. The fourth-order valence-corrected chi connectivity index (χ4v) is 5.07. The molecule has 0 radical (unpaired) electrons. The Morgan fingerprint density at radius 1 is 0.868 bits per heavy atom. The minimum Gasteiger partial charge on any atom is -0.494 e. The molecule has 4 rings (SSSR count). The lowest BCUT2D eigenvalue weighted by molar-refractivity contribution is 0.0949. The highest BCUT2D eigenvalue weighted by atomic mass is 32.2. The number of benzene rings is 2. The highest BCUT2D eigenvalue weighted by molar-refractivity contribution is 7.93. The van der Waals surface area contributed by atoms with E-state index in [1.807, 2.05) is 38.1 Å². The van der Waals surface area contributed by atoms with E-state index < -0.39 is 21.4 Å². The van der Waals surface area contributed by atoms with E-state index in [1.165, 1.54) is 28.3 Å². The molecule has 0 spiro atoms. The van der Waals surface area contributed by atoms with Crippen LogP contribution < -0.4 is 14.2 Å². The number of methoxy groups -OCH3 is 3. The van der Waals surface area contributed by atoms with Crippen LogP contribution in [-0.2, 0) is 14.8 Å². The van der Waals surface area contributed by atoms with E-state index in [2.05, 4.69) is 24.9 Å². The van der Waals surface area contributed by atoms with Crippen LogP contribution in [0.3, 0.4) is 0 Å². The molecule has 12 heteroatoms. The van der Waals surface area contributed by atoms with Crippen LogP contribution >= 0.6 is 0 Å². The summed E-state index contributed by atoms with van der Waals surface area (Å²) in [4.78, 5) is 8.52. The number of aryl methyl sites for hydroxylation is 2. The molecule has 0 unspecified atom stereocenters. The maximum Gasteiger partial charge on any atom is 0.243 e. The molecule has 2 atom stereocenters. The van der Waals surface area contributed by atoms with Crippen LogP contribution in [0.1, 0.15) is 30.0 Å². The average Bonchev–Trinajstić information content (AvgIpc) is 3.32. The Kier molecular flexibility index (Phi) is 7.93. The summed E-state index contributed by atoms with van der Waals surface area (Å²) in [5.41, 5.74) is 3.07. The second-order valence-corrected chi connectivity index (χ2v) is 10.7. The first-order valence-electron chi connectivity index (χ1n) is 11.8. The number of hydrogen-bond donors (Lipinski definition) is 1. The van der Waals surface area contributed by atoms with Gasteiger partial charge < -0.3 is 14.2 Å². The van der Waals surface area contributed by atoms with Gasteiger partial charge in [0.1, 0.15) is 28.5 Å². The number of hydrogen-bond acceptors (Lipinski definition) is 9. The maximum absolute atomic E-state index is 13.6. The second-order valence-electron chi connectivity index (χ2n) is 8.69. The topological polar surface area (TPSA) is 130 Å². The van der Waals surface area contributed by atoms with Crippen LogP contribution in [0.25, 0.3) is 17.1 Å². The van der Waals surface area contributed by atoms with E-state index in [0.29, 0.717) is 23.0 Å². The first-order chi connectivity index (χ1) is 18.2. The van der Waals surface area contributed by atoms with E-state index in [0.717, 1.165) is 16.7 Å². The largest absolute Gasteiger partial charge is 0.494 e. The second kappa shape index (κ2) is 11.2. The highest BCUT2D eigenvalue weighted by Gasteiger charge is 2.35. The normalized spacial score (nSPS) is 13.1. The molecule has 4 aromatic rings. The predicted molar refractivity (Wildman–Crippen MR) is 143 cm³/mol. The smallest absolute Gasteiger partial charge is 0.243 e. The minimum atomic E-state index is -4.09.